The van der Waals surface area contributed by atoms with E-state index in [1.165, 1.54) is 0 Å². The summed E-state index contributed by atoms with van der Waals surface area (Å²) in [5, 5.41) is 0. The summed E-state index contributed by atoms with van der Waals surface area (Å²) in [5.41, 5.74) is -0.0421. The summed E-state index contributed by atoms with van der Waals surface area (Å²) in [7, 11) is -4.66. The molecule has 0 radical (unpaired) electrons. The van der Waals surface area contributed by atoms with Crippen molar-refractivity contribution in [3.8, 4) is 0 Å². The van der Waals surface area contributed by atoms with E-state index >= 15 is 0 Å². The van der Waals surface area contributed by atoms with Crippen LogP contribution in [0.3, 0.4) is 0 Å². The molecule has 1 N–H and O–H groups in total. The molecule has 0 amide bonds. The van der Waals surface area contributed by atoms with Gasteiger partial charge in [0.15, 0.2) is 0 Å². The topological polar surface area (TPSA) is 97.7 Å². The molecule has 2 rings (SSSR count). The minimum atomic E-state index is -4.66. The number of benzene rings is 1. The molecular formula is C12H9NaO6S. The molecule has 100 valence electrons. The Kier molecular flexibility index (Phi) is 5.43. The van der Waals surface area contributed by atoms with Crippen molar-refractivity contribution in [3.63, 3.8) is 0 Å². The van der Waals surface area contributed by atoms with Crippen LogP contribution < -0.4 is 0 Å². The fourth-order valence-electron chi connectivity index (χ4n) is 1.52. The van der Waals surface area contributed by atoms with E-state index in [0.717, 1.165) is 12.2 Å². The molecule has 0 aliphatic carbocycles. The van der Waals surface area contributed by atoms with Crippen molar-refractivity contribution in [1.29, 1.82) is 0 Å². The number of carbonyl (C=O) groups excluding carboxylic acids is 2. The third-order valence-corrected chi connectivity index (χ3v) is 3.21. The Bertz CT molecular complexity index is 703. The number of rotatable bonds is 3. The minimum absolute atomic E-state index is 0. The second-order valence-electron chi connectivity index (χ2n) is 3.66. The van der Waals surface area contributed by atoms with Gasteiger partial charge < -0.3 is 4.74 Å². The van der Waals surface area contributed by atoms with E-state index in [-0.39, 0.29) is 29.6 Å². The Morgan fingerprint density at radius 1 is 1.15 bits per heavy atom. The van der Waals surface area contributed by atoms with Gasteiger partial charge in [-0.05, 0) is 11.6 Å². The molecule has 1 aromatic carbocycles. The van der Waals surface area contributed by atoms with Crippen molar-refractivity contribution in [2.75, 3.05) is 0 Å². The maximum atomic E-state index is 11.3. The van der Waals surface area contributed by atoms with Gasteiger partial charge in [-0.1, -0.05) is 30.3 Å². The van der Waals surface area contributed by atoms with Gasteiger partial charge in [0.05, 0.1) is 5.57 Å². The van der Waals surface area contributed by atoms with Crippen molar-refractivity contribution < 1.29 is 27.3 Å². The number of carbonyl (C=O) groups is 2. The fourth-order valence-corrected chi connectivity index (χ4v) is 2.22. The molecule has 0 aromatic heterocycles. The summed E-state index contributed by atoms with van der Waals surface area (Å²) in [6, 6.07) is 8.18. The van der Waals surface area contributed by atoms with E-state index in [2.05, 4.69) is 4.74 Å². The van der Waals surface area contributed by atoms with Crippen molar-refractivity contribution in [2.24, 2.45) is 0 Å². The van der Waals surface area contributed by atoms with Gasteiger partial charge in [-0.2, -0.15) is 8.42 Å². The van der Waals surface area contributed by atoms with Gasteiger partial charge in [-0.25, -0.2) is 9.59 Å². The Balaban J connectivity index is 0.00000200. The number of cyclic esters (lactones) is 2. The zero-order valence-corrected chi connectivity index (χ0v) is 10.3. The summed E-state index contributed by atoms with van der Waals surface area (Å²) in [6.07, 6.45) is 1.81. The zero-order chi connectivity index (χ0) is 14.0. The van der Waals surface area contributed by atoms with Crippen molar-refractivity contribution >= 4 is 57.7 Å². The fraction of sp³-hybridized carbons (Fsp3) is 0. The van der Waals surface area contributed by atoms with Gasteiger partial charge in [-0.3, -0.25) is 4.55 Å². The predicted molar refractivity (Wildman–Crippen MR) is 72.3 cm³/mol. The molecular weight excluding hydrogens is 295 g/mol. The first-order valence-corrected chi connectivity index (χ1v) is 6.54. The van der Waals surface area contributed by atoms with Crippen LogP contribution in [0.1, 0.15) is 5.56 Å². The molecule has 20 heavy (non-hydrogen) atoms. The van der Waals surface area contributed by atoms with E-state index in [1.807, 2.05) is 0 Å². The number of ether oxygens (including phenoxy) is 1. The van der Waals surface area contributed by atoms with Crippen LogP contribution in [0.25, 0.3) is 6.08 Å². The van der Waals surface area contributed by atoms with E-state index < -0.39 is 32.5 Å². The van der Waals surface area contributed by atoms with Crippen molar-refractivity contribution in [1.82, 2.24) is 0 Å². The molecule has 1 aliphatic heterocycles. The molecule has 0 saturated carbocycles. The quantitative estimate of drug-likeness (QED) is 0.373. The SMILES string of the molecule is O=C1C=C(C(=Cc2ccccc2)S(=O)(=O)O)C(=O)O1.[NaH]. The Morgan fingerprint density at radius 3 is 2.20 bits per heavy atom. The predicted octanol–water partition coefficient (Wildman–Crippen LogP) is 0.277. The normalized spacial score (nSPS) is 15.4. The van der Waals surface area contributed by atoms with Crippen LogP contribution >= 0.6 is 0 Å². The van der Waals surface area contributed by atoms with Crippen molar-refractivity contribution in [3.05, 3.63) is 52.4 Å². The molecule has 0 saturated heterocycles. The van der Waals surface area contributed by atoms with Gasteiger partial charge in [-0.15, -0.1) is 0 Å². The molecule has 1 aromatic rings. The molecule has 1 heterocycles. The van der Waals surface area contributed by atoms with Crippen LogP contribution in [-0.2, 0) is 24.4 Å². The van der Waals surface area contributed by atoms with E-state index in [1.54, 1.807) is 30.3 Å². The number of hydrogen-bond donors (Lipinski definition) is 1. The monoisotopic (exact) mass is 304 g/mol. The van der Waals surface area contributed by atoms with Crippen LogP contribution in [0.2, 0.25) is 0 Å². The first-order chi connectivity index (χ1) is 8.88. The molecule has 0 unspecified atom stereocenters. The summed E-state index contributed by atoms with van der Waals surface area (Å²) < 4.78 is 36.0. The molecule has 0 atom stereocenters. The van der Waals surface area contributed by atoms with Gasteiger partial charge >= 0.3 is 41.5 Å². The molecule has 1 aliphatic rings. The van der Waals surface area contributed by atoms with Gasteiger partial charge in [0.1, 0.15) is 4.91 Å². The average Bonchev–Trinajstić information content (AvgIpc) is 2.65. The summed E-state index contributed by atoms with van der Waals surface area (Å²) >= 11 is 0. The Labute approximate surface area is 137 Å². The molecule has 0 spiro atoms. The van der Waals surface area contributed by atoms with E-state index in [0.29, 0.717) is 5.56 Å². The second-order valence-corrected chi connectivity index (χ2v) is 5.05. The third kappa shape index (κ3) is 3.87. The van der Waals surface area contributed by atoms with Crippen LogP contribution in [-0.4, -0.2) is 54.5 Å². The van der Waals surface area contributed by atoms with Crippen LogP contribution in [0.15, 0.2) is 46.9 Å². The van der Waals surface area contributed by atoms with Gasteiger partial charge in [0, 0.05) is 6.08 Å². The third-order valence-electron chi connectivity index (χ3n) is 2.32. The van der Waals surface area contributed by atoms with E-state index in [9.17, 15) is 18.0 Å². The van der Waals surface area contributed by atoms with Crippen LogP contribution in [0.5, 0.6) is 0 Å². The number of hydrogen-bond acceptors (Lipinski definition) is 5. The summed E-state index contributed by atoms with van der Waals surface area (Å²) in [6.45, 7) is 0. The average molecular weight is 304 g/mol. The van der Waals surface area contributed by atoms with Crippen molar-refractivity contribution in [2.45, 2.75) is 0 Å². The standard InChI is InChI=1S/C12H8O6S.Na.H/c13-11-7-9(12(14)18-11)10(19(15,16)17)6-8-4-2-1-3-5-8;;/h1-7H,(H,15,16,17);;. The first-order valence-electron chi connectivity index (χ1n) is 5.10. The van der Waals surface area contributed by atoms with Crippen LogP contribution in [0, 0.1) is 0 Å². The second kappa shape index (κ2) is 6.47. The maximum absolute atomic E-state index is 11.3. The molecule has 6 nitrogen and oxygen atoms in total. The van der Waals surface area contributed by atoms with Gasteiger partial charge in [0.2, 0.25) is 0 Å². The number of esters is 2. The van der Waals surface area contributed by atoms with Gasteiger partial charge in [0.25, 0.3) is 10.1 Å². The Morgan fingerprint density at radius 2 is 1.75 bits per heavy atom. The summed E-state index contributed by atoms with van der Waals surface area (Å²) in [5.74, 6) is -2.08. The molecule has 0 bridgehead atoms. The Hall–Kier alpha value is -1.25. The zero-order valence-electron chi connectivity index (χ0n) is 9.44. The van der Waals surface area contributed by atoms with Crippen LogP contribution in [0.4, 0.5) is 0 Å². The molecule has 0 fully saturated rings. The summed E-state index contributed by atoms with van der Waals surface area (Å²) in [4.78, 5) is 21.6. The first kappa shape index (κ1) is 16.8. The van der Waals surface area contributed by atoms with E-state index in [4.69, 9.17) is 4.55 Å². The molecule has 8 heteroatoms.